The highest BCUT2D eigenvalue weighted by Gasteiger charge is 2.34. The summed E-state index contributed by atoms with van der Waals surface area (Å²) in [6.07, 6.45) is 1.75. The second-order valence-corrected chi connectivity index (χ2v) is 8.49. The summed E-state index contributed by atoms with van der Waals surface area (Å²) in [7, 11) is 1.92. The number of nitrogens with one attached hydrogen (secondary N) is 1. The van der Waals surface area contributed by atoms with Crippen LogP contribution < -0.4 is 10.1 Å². The molecule has 0 radical (unpaired) electrons. The maximum Gasteiger partial charge on any atom is 0.259 e. The fourth-order valence-corrected chi connectivity index (χ4v) is 4.28. The summed E-state index contributed by atoms with van der Waals surface area (Å²) in [6.45, 7) is 4.59. The Balaban J connectivity index is 1.45. The van der Waals surface area contributed by atoms with Gasteiger partial charge in [0.1, 0.15) is 18.5 Å². The lowest BCUT2D eigenvalue weighted by atomic mass is 9.96. The van der Waals surface area contributed by atoms with Crippen LogP contribution in [0.1, 0.15) is 25.0 Å². The first-order chi connectivity index (χ1) is 15.3. The molecule has 5 rings (SSSR count). The highest BCUT2D eigenvalue weighted by molar-refractivity contribution is 6.50. The topological polar surface area (TPSA) is 78.8 Å². The highest BCUT2D eigenvalue weighted by atomic mass is 16.7. The number of nitrogens with zero attached hydrogens (tertiary/aromatic N) is 1. The summed E-state index contributed by atoms with van der Waals surface area (Å²) in [5.41, 5.74) is 3.14. The molecule has 0 bridgehead atoms. The van der Waals surface area contributed by atoms with Crippen LogP contribution in [0.4, 0.5) is 0 Å². The van der Waals surface area contributed by atoms with Crippen LogP contribution in [0.15, 0.2) is 54.7 Å². The standard InChI is InChI=1S/C25H24N2O5/c1-25(2)31-14-17(32-25)13-30-16-10-8-15(9-11-16)21-22(24(29)26-23(21)28)19-12-27(3)20-7-5-4-6-18(19)20/h4-12,17H,13-14H2,1-3H3,(H,26,28,29)/t17-/m1/s1. The zero-order valence-corrected chi connectivity index (χ0v) is 18.2. The van der Waals surface area contributed by atoms with E-state index in [9.17, 15) is 9.59 Å². The van der Waals surface area contributed by atoms with E-state index in [1.807, 2.05) is 55.9 Å². The third-order valence-electron chi connectivity index (χ3n) is 5.74. The number of carbonyl (C=O) groups is 2. The van der Waals surface area contributed by atoms with Crippen LogP contribution in [0.5, 0.6) is 5.75 Å². The molecule has 1 atom stereocenters. The number of hydrogen-bond acceptors (Lipinski definition) is 5. The molecule has 2 amide bonds. The van der Waals surface area contributed by atoms with E-state index in [1.165, 1.54) is 0 Å². The smallest absolute Gasteiger partial charge is 0.259 e. The molecule has 0 saturated carbocycles. The second-order valence-electron chi connectivity index (χ2n) is 8.49. The van der Waals surface area contributed by atoms with Gasteiger partial charge in [-0.1, -0.05) is 30.3 Å². The lowest BCUT2D eigenvalue weighted by molar-refractivity contribution is -0.141. The van der Waals surface area contributed by atoms with Crippen LogP contribution in [0, 0.1) is 0 Å². The molecule has 1 N–H and O–H groups in total. The van der Waals surface area contributed by atoms with Gasteiger partial charge in [-0.2, -0.15) is 0 Å². The number of rotatable bonds is 5. The van der Waals surface area contributed by atoms with Crippen LogP contribution in [-0.4, -0.2) is 41.5 Å². The molecular formula is C25H24N2O5. The maximum absolute atomic E-state index is 12.7. The minimum Gasteiger partial charge on any atom is -0.491 e. The summed E-state index contributed by atoms with van der Waals surface area (Å²) in [5, 5.41) is 3.37. The molecule has 3 heterocycles. The van der Waals surface area contributed by atoms with Crippen LogP contribution >= 0.6 is 0 Å². The molecule has 2 aromatic carbocycles. The summed E-state index contributed by atoms with van der Waals surface area (Å²) in [4.78, 5) is 25.4. The van der Waals surface area contributed by atoms with Gasteiger partial charge in [0, 0.05) is 29.7 Å². The molecular weight excluding hydrogens is 408 g/mol. The molecule has 0 unspecified atom stereocenters. The van der Waals surface area contributed by atoms with E-state index in [1.54, 1.807) is 24.3 Å². The van der Waals surface area contributed by atoms with Crippen molar-refractivity contribution < 1.29 is 23.8 Å². The van der Waals surface area contributed by atoms with Crippen molar-refractivity contribution in [3.63, 3.8) is 0 Å². The Morgan fingerprint density at radius 2 is 1.78 bits per heavy atom. The third-order valence-corrected chi connectivity index (χ3v) is 5.74. The first kappa shape index (κ1) is 20.5. The fourth-order valence-electron chi connectivity index (χ4n) is 4.28. The number of aromatic nitrogens is 1. The van der Waals surface area contributed by atoms with Crippen molar-refractivity contribution in [3.05, 3.63) is 65.9 Å². The number of aryl methyl sites for hydroxylation is 1. The summed E-state index contributed by atoms with van der Waals surface area (Å²) >= 11 is 0. The first-order valence-corrected chi connectivity index (χ1v) is 10.5. The zero-order chi connectivity index (χ0) is 22.5. The predicted octanol–water partition coefficient (Wildman–Crippen LogP) is 3.28. The predicted molar refractivity (Wildman–Crippen MR) is 120 cm³/mol. The fraction of sp³-hybridized carbons (Fsp3) is 0.280. The number of carbonyl (C=O) groups excluding carboxylic acids is 2. The number of para-hydroxylation sites is 1. The van der Waals surface area contributed by atoms with Gasteiger partial charge < -0.3 is 18.8 Å². The van der Waals surface area contributed by atoms with Gasteiger partial charge in [0.15, 0.2) is 5.79 Å². The Morgan fingerprint density at radius 1 is 1.06 bits per heavy atom. The Kier molecular flexibility index (Phi) is 4.87. The van der Waals surface area contributed by atoms with E-state index in [0.29, 0.717) is 35.7 Å². The second kappa shape index (κ2) is 7.62. The number of hydrogen-bond donors (Lipinski definition) is 1. The van der Waals surface area contributed by atoms with Gasteiger partial charge in [0.05, 0.1) is 17.8 Å². The Hall–Kier alpha value is -3.42. The molecule has 7 heteroatoms. The van der Waals surface area contributed by atoms with Gasteiger partial charge in [-0.3, -0.25) is 14.9 Å². The number of imide groups is 1. The molecule has 1 fully saturated rings. The SMILES string of the molecule is Cn1cc(C2=C(c3ccc(OC[C@@H]4COC(C)(C)O4)cc3)C(=O)NC2=O)c2ccccc21. The Morgan fingerprint density at radius 3 is 2.50 bits per heavy atom. The quantitative estimate of drug-likeness (QED) is 0.626. The number of benzene rings is 2. The van der Waals surface area contributed by atoms with E-state index in [4.69, 9.17) is 14.2 Å². The lowest BCUT2D eigenvalue weighted by Crippen LogP contribution is -2.25. The molecule has 0 aliphatic carbocycles. The minimum absolute atomic E-state index is 0.136. The summed E-state index contributed by atoms with van der Waals surface area (Å²) in [5.74, 6) is -0.725. The zero-order valence-electron chi connectivity index (χ0n) is 18.2. The monoisotopic (exact) mass is 432 g/mol. The van der Waals surface area contributed by atoms with Gasteiger partial charge in [0.2, 0.25) is 0 Å². The molecule has 1 saturated heterocycles. The Bertz CT molecular complexity index is 1250. The van der Waals surface area contributed by atoms with Crippen molar-refractivity contribution in [2.24, 2.45) is 7.05 Å². The van der Waals surface area contributed by atoms with Crippen molar-refractivity contribution in [1.29, 1.82) is 0 Å². The van der Waals surface area contributed by atoms with Gasteiger partial charge in [-0.05, 0) is 37.6 Å². The van der Waals surface area contributed by atoms with E-state index < -0.39 is 11.7 Å². The lowest BCUT2D eigenvalue weighted by Gasteiger charge is -2.17. The van der Waals surface area contributed by atoms with Crippen molar-refractivity contribution in [2.75, 3.05) is 13.2 Å². The largest absolute Gasteiger partial charge is 0.491 e. The molecule has 2 aliphatic heterocycles. The van der Waals surface area contributed by atoms with Crippen molar-refractivity contribution >= 4 is 33.9 Å². The maximum atomic E-state index is 12.7. The van der Waals surface area contributed by atoms with Gasteiger partial charge in [-0.15, -0.1) is 0 Å². The van der Waals surface area contributed by atoms with Crippen molar-refractivity contribution in [2.45, 2.75) is 25.7 Å². The van der Waals surface area contributed by atoms with Crippen molar-refractivity contribution in [1.82, 2.24) is 9.88 Å². The number of amides is 2. The number of fused-ring (bicyclic) bond motifs is 1. The molecule has 2 aliphatic rings. The molecule has 0 spiro atoms. The summed E-state index contributed by atoms with van der Waals surface area (Å²) < 4.78 is 19.1. The van der Waals surface area contributed by atoms with Gasteiger partial charge in [-0.25, -0.2) is 0 Å². The van der Waals surface area contributed by atoms with Crippen molar-refractivity contribution in [3.8, 4) is 5.75 Å². The molecule has 32 heavy (non-hydrogen) atoms. The van der Waals surface area contributed by atoms with E-state index in [0.717, 1.165) is 16.5 Å². The first-order valence-electron chi connectivity index (χ1n) is 10.5. The van der Waals surface area contributed by atoms with Crippen LogP contribution in [0.3, 0.4) is 0 Å². The molecule has 7 nitrogen and oxygen atoms in total. The Labute approximate surface area is 185 Å². The molecule has 1 aromatic heterocycles. The van der Waals surface area contributed by atoms with Crippen LogP contribution in [0.25, 0.3) is 22.0 Å². The summed E-state index contributed by atoms with van der Waals surface area (Å²) in [6, 6.07) is 15.0. The van der Waals surface area contributed by atoms with Gasteiger partial charge in [0.25, 0.3) is 11.8 Å². The van der Waals surface area contributed by atoms with Crippen LogP contribution in [-0.2, 0) is 26.1 Å². The van der Waals surface area contributed by atoms with E-state index in [2.05, 4.69) is 5.32 Å². The number of ether oxygens (including phenoxy) is 3. The third kappa shape index (κ3) is 3.59. The average molecular weight is 432 g/mol. The minimum atomic E-state index is -0.593. The molecule has 3 aromatic rings. The highest BCUT2D eigenvalue weighted by Crippen LogP contribution is 2.36. The molecule has 164 valence electrons. The normalized spacial score (nSPS) is 20.3. The van der Waals surface area contributed by atoms with E-state index in [-0.39, 0.29) is 12.0 Å². The average Bonchev–Trinajstić information content (AvgIpc) is 3.39. The van der Waals surface area contributed by atoms with Crippen LogP contribution in [0.2, 0.25) is 0 Å². The van der Waals surface area contributed by atoms with E-state index >= 15 is 0 Å². The van der Waals surface area contributed by atoms with Gasteiger partial charge >= 0.3 is 0 Å².